The van der Waals surface area contributed by atoms with Crippen LogP contribution in [-0.4, -0.2) is 24.9 Å². The maximum absolute atomic E-state index is 11.7. The number of nitrogen functional groups attached to an aromatic ring is 1. The Morgan fingerprint density at radius 1 is 1.38 bits per heavy atom. The molecule has 90 valence electrons. The first kappa shape index (κ1) is 12.8. The molecule has 0 bridgehead atoms. The van der Waals surface area contributed by atoms with E-state index in [4.69, 9.17) is 5.84 Å². The van der Waals surface area contributed by atoms with Crippen molar-refractivity contribution in [1.82, 2.24) is 14.7 Å². The third-order valence-corrected chi connectivity index (χ3v) is 3.13. The molecule has 0 spiro atoms. The molecule has 1 rings (SSSR count). The Bertz CT molecular complexity index is 428. The molecule has 0 aliphatic heterocycles. The summed E-state index contributed by atoms with van der Waals surface area (Å²) in [4.78, 5) is 7.47. The lowest BCUT2D eigenvalue weighted by Gasteiger charge is -2.08. The summed E-state index contributed by atoms with van der Waals surface area (Å²) in [5.74, 6) is 5.47. The molecule has 0 saturated heterocycles. The highest BCUT2D eigenvalue weighted by Crippen LogP contribution is 2.07. The second-order valence-electron chi connectivity index (χ2n) is 3.63. The van der Waals surface area contributed by atoms with Crippen molar-refractivity contribution in [2.75, 3.05) is 12.0 Å². The molecule has 0 aliphatic rings. The molecule has 0 radical (unpaired) electrons. The quantitative estimate of drug-likeness (QED) is 0.485. The molecule has 8 heteroatoms. The van der Waals surface area contributed by atoms with Crippen LogP contribution in [0.5, 0.6) is 0 Å². The molecule has 0 unspecified atom stereocenters. The van der Waals surface area contributed by atoms with Gasteiger partial charge in [0.1, 0.15) is 4.90 Å². The Morgan fingerprint density at radius 3 is 2.38 bits per heavy atom. The molecule has 0 saturated carbocycles. The number of rotatable bonds is 5. The van der Waals surface area contributed by atoms with Crippen LogP contribution in [-0.2, 0) is 10.0 Å². The fourth-order valence-corrected chi connectivity index (χ4v) is 1.99. The molecule has 0 aromatic carbocycles. The van der Waals surface area contributed by atoms with Gasteiger partial charge in [-0.25, -0.2) is 29.0 Å². The zero-order chi connectivity index (χ0) is 12.2. The Morgan fingerprint density at radius 2 is 1.94 bits per heavy atom. The van der Waals surface area contributed by atoms with E-state index in [9.17, 15) is 8.42 Å². The van der Waals surface area contributed by atoms with Gasteiger partial charge in [-0.2, -0.15) is 0 Å². The number of hydrogen-bond acceptors (Lipinski definition) is 6. The summed E-state index contributed by atoms with van der Waals surface area (Å²) in [5, 5.41) is 0. The summed E-state index contributed by atoms with van der Waals surface area (Å²) in [5.41, 5.74) is 2.22. The minimum atomic E-state index is -3.52. The van der Waals surface area contributed by atoms with Crippen molar-refractivity contribution in [3.8, 4) is 0 Å². The molecule has 0 atom stereocenters. The van der Waals surface area contributed by atoms with Crippen molar-refractivity contribution < 1.29 is 8.42 Å². The van der Waals surface area contributed by atoms with Crippen LogP contribution < -0.4 is 16.0 Å². The number of nitrogens with one attached hydrogen (secondary N) is 2. The molecular weight excluding hydrogens is 230 g/mol. The van der Waals surface area contributed by atoms with E-state index in [-0.39, 0.29) is 16.8 Å². The van der Waals surface area contributed by atoms with Crippen molar-refractivity contribution in [3.05, 3.63) is 12.4 Å². The number of sulfonamides is 1. The topological polar surface area (TPSA) is 110 Å². The van der Waals surface area contributed by atoms with Gasteiger partial charge in [0.2, 0.25) is 16.0 Å². The molecule has 1 aromatic heterocycles. The first-order chi connectivity index (χ1) is 7.45. The number of nitrogens with zero attached hydrogens (tertiary/aromatic N) is 2. The molecule has 7 nitrogen and oxygen atoms in total. The van der Waals surface area contributed by atoms with Gasteiger partial charge in [0.15, 0.2) is 0 Å². The molecule has 0 amide bonds. The largest absolute Gasteiger partial charge is 0.292 e. The standard InChI is InChI=1S/C8H15N5O2S/c1-6(2)3-12-16(14,15)7-4-10-8(13-9)11-5-7/h4-6,12H,3,9H2,1-2H3,(H,10,11,13). The summed E-state index contributed by atoms with van der Waals surface area (Å²) >= 11 is 0. The Kier molecular flexibility index (Phi) is 4.16. The second-order valence-corrected chi connectivity index (χ2v) is 5.40. The van der Waals surface area contributed by atoms with Crippen molar-refractivity contribution >= 4 is 16.0 Å². The van der Waals surface area contributed by atoms with E-state index in [1.165, 1.54) is 12.4 Å². The van der Waals surface area contributed by atoms with Crippen molar-refractivity contribution in [2.24, 2.45) is 11.8 Å². The average molecular weight is 245 g/mol. The highest BCUT2D eigenvalue weighted by Gasteiger charge is 2.14. The van der Waals surface area contributed by atoms with Gasteiger partial charge < -0.3 is 0 Å². The normalized spacial score (nSPS) is 11.8. The molecule has 0 aliphatic carbocycles. The minimum absolute atomic E-state index is 0.0205. The number of hydrazine groups is 1. The Hall–Kier alpha value is -1.25. The van der Waals surface area contributed by atoms with E-state index in [0.717, 1.165) is 0 Å². The zero-order valence-corrected chi connectivity index (χ0v) is 9.95. The highest BCUT2D eigenvalue weighted by molar-refractivity contribution is 7.89. The third-order valence-electron chi connectivity index (χ3n) is 1.75. The average Bonchev–Trinajstić information content (AvgIpc) is 2.27. The lowest BCUT2D eigenvalue weighted by atomic mass is 10.2. The van der Waals surface area contributed by atoms with Gasteiger partial charge in [-0.1, -0.05) is 13.8 Å². The fourth-order valence-electron chi connectivity index (χ4n) is 0.889. The number of aromatic nitrogens is 2. The monoisotopic (exact) mass is 245 g/mol. The summed E-state index contributed by atoms with van der Waals surface area (Å²) in [6.07, 6.45) is 2.40. The van der Waals surface area contributed by atoms with Crippen LogP contribution in [0.4, 0.5) is 5.95 Å². The Balaban J connectivity index is 2.82. The van der Waals surface area contributed by atoms with E-state index < -0.39 is 10.0 Å². The zero-order valence-electron chi connectivity index (χ0n) is 9.14. The summed E-state index contributed by atoms with van der Waals surface area (Å²) in [7, 11) is -3.52. The van der Waals surface area contributed by atoms with E-state index >= 15 is 0 Å². The van der Waals surface area contributed by atoms with E-state index in [1.807, 2.05) is 13.8 Å². The lowest BCUT2D eigenvalue weighted by molar-refractivity contribution is 0.559. The molecular formula is C8H15N5O2S. The van der Waals surface area contributed by atoms with Crippen LogP contribution in [0.3, 0.4) is 0 Å². The molecule has 4 N–H and O–H groups in total. The molecule has 1 aromatic rings. The maximum atomic E-state index is 11.7. The predicted octanol–water partition coefficient (Wildman–Crippen LogP) is -0.303. The van der Waals surface area contributed by atoms with Gasteiger partial charge in [0.05, 0.1) is 12.4 Å². The first-order valence-electron chi connectivity index (χ1n) is 4.74. The van der Waals surface area contributed by atoms with Gasteiger partial charge in [0.25, 0.3) is 0 Å². The summed E-state index contributed by atoms with van der Waals surface area (Å²) in [6, 6.07) is 0. The maximum Gasteiger partial charge on any atom is 0.243 e. The van der Waals surface area contributed by atoms with Gasteiger partial charge in [-0.05, 0) is 5.92 Å². The van der Waals surface area contributed by atoms with Crippen LogP contribution in [0.1, 0.15) is 13.8 Å². The third kappa shape index (κ3) is 3.40. The minimum Gasteiger partial charge on any atom is -0.292 e. The number of nitrogens with two attached hydrogens (primary N) is 1. The van der Waals surface area contributed by atoms with Crippen LogP contribution in [0.25, 0.3) is 0 Å². The second kappa shape index (κ2) is 5.19. The number of hydrogen-bond donors (Lipinski definition) is 3. The van der Waals surface area contributed by atoms with Crippen molar-refractivity contribution in [3.63, 3.8) is 0 Å². The molecule has 0 fully saturated rings. The SMILES string of the molecule is CC(C)CNS(=O)(=O)c1cnc(NN)nc1. The molecule has 16 heavy (non-hydrogen) atoms. The van der Waals surface area contributed by atoms with Gasteiger partial charge in [0, 0.05) is 6.54 Å². The molecule has 1 heterocycles. The van der Waals surface area contributed by atoms with Crippen molar-refractivity contribution in [2.45, 2.75) is 18.7 Å². The number of anilines is 1. The lowest BCUT2D eigenvalue weighted by Crippen LogP contribution is -2.27. The smallest absolute Gasteiger partial charge is 0.243 e. The predicted molar refractivity (Wildman–Crippen MR) is 59.9 cm³/mol. The fraction of sp³-hybridized carbons (Fsp3) is 0.500. The van der Waals surface area contributed by atoms with Gasteiger partial charge in [-0.15, -0.1) is 0 Å². The van der Waals surface area contributed by atoms with E-state index in [2.05, 4.69) is 20.1 Å². The summed E-state index contributed by atoms with van der Waals surface area (Å²) < 4.78 is 25.8. The van der Waals surface area contributed by atoms with Crippen molar-refractivity contribution in [1.29, 1.82) is 0 Å². The highest BCUT2D eigenvalue weighted by atomic mass is 32.2. The van der Waals surface area contributed by atoms with E-state index in [1.54, 1.807) is 0 Å². The van der Waals surface area contributed by atoms with E-state index in [0.29, 0.717) is 6.54 Å². The summed E-state index contributed by atoms with van der Waals surface area (Å²) in [6.45, 7) is 4.21. The van der Waals surface area contributed by atoms with Crippen LogP contribution in [0.2, 0.25) is 0 Å². The van der Waals surface area contributed by atoms with Crippen LogP contribution in [0, 0.1) is 5.92 Å². The first-order valence-corrected chi connectivity index (χ1v) is 6.22. The Labute approximate surface area is 94.5 Å². The van der Waals surface area contributed by atoms with Crippen LogP contribution in [0.15, 0.2) is 17.3 Å². The van der Waals surface area contributed by atoms with Gasteiger partial charge >= 0.3 is 0 Å². The van der Waals surface area contributed by atoms with Crippen LogP contribution >= 0.6 is 0 Å². The van der Waals surface area contributed by atoms with Gasteiger partial charge in [-0.3, -0.25) is 5.43 Å².